The third kappa shape index (κ3) is 5.41. The Morgan fingerprint density at radius 2 is 1.48 bits per heavy atom. The smallest absolute Gasteiger partial charge is 0.300 e. The fourth-order valence-corrected chi connectivity index (χ4v) is 5.91. The van der Waals surface area contributed by atoms with E-state index in [1.165, 1.54) is 0 Å². The summed E-state index contributed by atoms with van der Waals surface area (Å²) in [4.78, 5) is 13.0. The highest BCUT2D eigenvalue weighted by atomic mass is 31.2. The minimum Gasteiger partial charge on any atom is -0.300 e. The van der Waals surface area contributed by atoms with Crippen molar-refractivity contribution in [2.75, 3.05) is 0 Å². The maximum atomic E-state index is 13.4. The van der Waals surface area contributed by atoms with Crippen LogP contribution < -0.4 is 0 Å². The van der Waals surface area contributed by atoms with E-state index in [2.05, 4.69) is 6.92 Å². The maximum Gasteiger partial charge on any atom is 0.397 e. The Morgan fingerprint density at radius 1 is 1.00 bits per heavy atom. The first-order valence-electron chi connectivity index (χ1n) is 9.60. The number of unbranched alkanes of at least 4 members (excludes halogenated alkanes) is 1. The first-order valence-corrected chi connectivity index (χ1v) is 11.1. The number of carbonyl (C=O) groups excluding carboxylic acids is 1. The van der Waals surface area contributed by atoms with Gasteiger partial charge in [0.15, 0.2) is 0 Å². The van der Waals surface area contributed by atoms with Gasteiger partial charge in [0.2, 0.25) is 5.52 Å². The molecule has 0 saturated heterocycles. The van der Waals surface area contributed by atoms with E-state index in [9.17, 15) is 9.36 Å². The van der Waals surface area contributed by atoms with E-state index < -0.39 is 7.60 Å². The van der Waals surface area contributed by atoms with E-state index in [1.807, 2.05) is 6.92 Å². The van der Waals surface area contributed by atoms with Crippen molar-refractivity contribution in [1.82, 2.24) is 0 Å². The monoisotopic (exact) mass is 344 g/mol. The van der Waals surface area contributed by atoms with Crippen molar-refractivity contribution in [2.45, 2.75) is 103 Å². The fourth-order valence-electron chi connectivity index (χ4n) is 3.69. The predicted octanol–water partition coefficient (Wildman–Crippen LogP) is 5.84. The second-order valence-electron chi connectivity index (χ2n) is 7.11. The maximum absolute atomic E-state index is 13.4. The molecule has 0 aromatic heterocycles. The molecule has 5 heteroatoms. The van der Waals surface area contributed by atoms with Crippen LogP contribution in [0.15, 0.2) is 0 Å². The molecule has 0 amide bonds. The molecular formula is C18H33O4P. The fraction of sp³-hybridized carbons (Fsp3) is 0.944. The topological polar surface area (TPSA) is 52.6 Å². The molecule has 23 heavy (non-hydrogen) atoms. The average molecular weight is 344 g/mol. The number of hydrogen-bond acceptors (Lipinski definition) is 4. The summed E-state index contributed by atoms with van der Waals surface area (Å²) in [6, 6.07) is 0. The van der Waals surface area contributed by atoms with Gasteiger partial charge in [-0.3, -0.25) is 18.4 Å². The summed E-state index contributed by atoms with van der Waals surface area (Å²) in [5.74, 6) is -0.191. The van der Waals surface area contributed by atoms with Crippen molar-refractivity contribution in [2.24, 2.45) is 5.92 Å². The summed E-state index contributed by atoms with van der Waals surface area (Å²) in [5.41, 5.74) is -0.257. The van der Waals surface area contributed by atoms with E-state index in [1.54, 1.807) is 0 Å². The first-order chi connectivity index (χ1) is 11.1. The average Bonchev–Trinajstić information content (AvgIpc) is 3.21. The van der Waals surface area contributed by atoms with Crippen LogP contribution in [0.1, 0.15) is 90.9 Å². The van der Waals surface area contributed by atoms with Gasteiger partial charge in [-0.1, -0.05) is 52.4 Å². The zero-order valence-electron chi connectivity index (χ0n) is 14.8. The van der Waals surface area contributed by atoms with Gasteiger partial charge in [-0.15, -0.1) is 0 Å². The normalized spacial score (nSPS) is 21.8. The summed E-state index contributed by atoms with van der Waals surface area (Å²) in [6.45, 7) is 4.11. The molecule has 4 nitrogen and oxygen atoms in total. The number of carbonyl (C=O) groups is 1. The second kappa shape index (κ2) is 9.34. The van der Waals surface area contributed by atoms with Crippen LogP contribution in [0, 0.1) is 5.92 Å². The Balaban J connectivity index is 2.09. The molecular weight excluding hydrogens is 311 g/mol. The van der Waals surface area contributed by atoms with Crippen LogP contribution in [-0.4, -0.2) is 17.7 Å². The molecule has 0 aromatic rings. The van der Waals surface area contributed by atoms with E-state index in [0.717, 1.165) is 70.6 Å². The molecule has 2 aliphatic carbocycles. The Bertz CT molecular complexity index is 389. The highest BCUT2D eigenvalue weighted by Gasteiger charge is 2.43. The van der Waals surface area contributed by atoms with Crippen LogP contribution in [-0.2, 0) is 18.4 Å². The Hall–Kier alpha value is -0.180. The van der Waals surface area contributed by atoms with Gasteiger partial charge in [0.05, 0.1) is 12.2 Å². The molecule has 2 rings (SSSR count). The van der Waals surface area contributed by atoms with Crippen molar-refractivity contribution < 1.29 is 18.4 Å². The quantitative estimate of drug-likeness (QED) is 0.467. The molecule has 1 unspecified atom stereocenters. The number of rotatable bonds is 10. The molecule has 0 aromatic carbocycles. The van der Waals surface area contributed by atoms with E-state index in [0.29, 0.717) is 6.42 Å². The second-order valence-corrected chi connectivity index (χ2v) is 8.96. The van der Waals surface area contributed by atoms with E-state index >= 15 is 0 Å². The Kier molecular flexibility index (Phi) is 7.78. The SMILES string of the molecule is CCCCC(CC)C(=O)P(=O)(OC1CCCC1)OC1CCCC1. The van der Waals surface area contributed by atoms with E-state index in [-0.39, 0.29) is 23.7 Å². The van der Waals surface area contributed by atoms with Crippen LogP contribution >= 0.6 is 7.60 Å². The molecule has 134 valence electrons. The first kappa shape index (κ1) is 19.1. The van der Waals surface area contributed by atoms with Gasteiger partial charge in [0.25, 0.3) is 0 Å². The van der Waals surface area contributed by atoms with Gasteiger partial charge in [-0.25, -0.2) is 0 Å². The van der Waals surface area contributed by atoms with Crippen molar-refractivity contribution in [3.05, 3.63) is 0 Å². The number of hydrogen-bond donors (Lipinski definition) is 0. The van der Waals surface area contributed by atoms with Crippen LogP contribution in [0.25, 0.3) is 0 Å². The van der Waals surface area contributed by atoms with Gasteiger partial charge in [-0.05, 0) is 38.5 Å². The Labute approximate surface area is 141 Å². The predicted molar refractivity (Wildman–Crippen MR) is 92.6 cm³/mol. The summed E-state index contributed by atoms with van der Waals surface area (Å²) in [7, 11) is -3.66. The molecule has 0 radical (unpaired) electrons. The van der Waals surface area contributed by atoms with Gasteiger partial charge in [0, 0.05) is 5.92 Å². The van der Waals surface area contributed by atoms with Crippen LogP contribution in [0.3, 0.4) is 0 Å². The lowest BCUT2D eigenvalue weighted by molar-refractivity contribution is -0.118. The molecule has 1 atom stereocenters. The van der Waals surface area contributed by atoms with Gasteiger partial charge in [0.1, 0.15) is 0 Å². The molecule has 2 saturated carbocycles. The third-order valence-corrected chi connectivity index (χ3v) is 7.25. The van der Waals surface area contributed by atoms with Crippen molar-refractivity contribution in [3.8, 4) is 0 Å². The van der Waals surface area contributed by atoms with Crippen molar-refractivity contribution >= 4 is 13.1 Å². The molecule has 2 fully saturated rings. The standard InChI is InChI=1S/C18H33O4P/c1-3-5-10-15(4-2)18(19)23(20,21-16-11-6-7-12-16)22-17-13-8-9-14-17/h15-17H,3-14H2,1-2H3. The van der Waals surface area contributed by atoms with Crippen LogP contribution in [0.5, 0.6) is 0 Å². The van der Waals surface area contributed by atoms with Crippen molar-refractivity contribution in [3.63, 3.8) is 0 Å². The summed E-state index contributed by atoms with van der Waals surface area (Å²) in [6.07, 6.45) is 11.4. The minimum absolute atomic E-state index is 0.0603. The summed E-state index contributed by atoms with van der Waals surface area (Å²) in [5, 5.41) is 0. The molecule has 0 N–H and O–H groups in total. The Morgan fingerprint density at radius 3 is 1.87 bits per heavy atom. The highest BCUT2D eigenvalue weighted by molar-refractivity contribution is 7.71. The lowest BCUT2D eigenvalue weighted by Crippen LogP contribution is -2.22. The summed E-state index contributed by atoms with van der Waals surface area (Å²) < 4.78 is 25.1. The van der Waals surface area contributed by atoms with Gasteiger partial charge in [-0.2, -0.15) is 0 Å². The van der Waals surface area contributed by atoms with Gasteiger partial charge >= 0.3 is 7.60 Å². The third-order valence-electron chi connectivity index (χ3n) is 5.20. The highest BCUT2D eigenvalue weighted by Crippen LogP contribution is 2.56. The molecule has 0 heterocycles. The minimum atomic E-state index is -3.66. The molecule has 0 bridgehead atoms. The lowest BCUT2D eigenvalue weighted by Gasteiger charge is -2.26. The summed E-state index contributed by atoms with van der Waals surface area (Å²) >= 11 is 0. The van der Waals surface area contributed by atoms with Crippen LogP contribution in [0.4, 0.5) is 0 Å². The molecule has 0 spiro atoms. The van der Waals surface area contributed by atoms with E-state index in [4.69, 9.17) is 9.05 Å². The van der Waals surface area contributed by atoms with Crippen LogP contribution in [0.2, 0.25) is 0 Å². The zero-order valence-corrected chi connectivity index (χ0v) is 15.7. The van der Waals surface area contributed by atoms with Gasteiger partial charge < -0.3 is 0 Å². The molecule has 0 aliphatic heterocycles. The van der Waals surface area contributed by atoms with Crippen molar-refractivity contribution in [1.29, 1.82) is 0 Å². The lowest BCUT2D eigenvalue weighted by atomic mass is 10.0. The molecule has 2 aliphatic rings. The zero-order chi connectivity index (χ0) is 16.7. The largest absolute Gasteiger partial charge is 0.397 e.